The van der Waals surface area contributed by atoms with Crippen molar-refractivity contribution in [2.75, 3.05) is 40.0 Å². The summed E-state index contributed by atoms with van der Waals surface area (Å²) in [4.78, 5) is 4.60. The van der Waals surface area contributed by atoms with E-state index in [1.54, 1.807) is 11.8 Å². The maximum atomic E-state index is 5.98. The van der Waals surface area contributed by atoms with E-state index in [-0.39, 0.29) is 0 Å². The molecule has 1 aliphatic heterocycles. The Balaban J connectivity index is 1.27. The van der Waals surface area contributed by atoms with E-state index in [1.165, 1.54) is 11.1 Å². The molecule has 2 unspecified atom stereocenters. The third kappa shape index (κ3) is 5.08. The molecule has 0 N–H and O–H groups in total. The number of hydrogen-bond donors (Lipinski definition) is 0. The van der Waals surface area contributed by atoms with Crippen LogP contribution in [-0.4, -0.2) is 66.1 Å². The van der Waals surface area contributed by atoms with Crippen LogP contribution in [0, 0.1) is 5.92 Å². The molecule has 2 aromatic rings. The van der Waals surface area contributed by atoms with Crippen molar-refractivity contribution < 1.29 is 9.15 Å². The molecule has 0 bridgehead atoms. The number of likely N-dealkylation sites (N-methyl/N-ethyl adjacent to an activating group) is 1. The lowest BCUT2D eigenvalue weighted by atomic mass is 9.81. The van der Waals surface area contributed by atoms with Gasteiger partial charge in [0, 0.05) is 36.9 Å². The zero-order valence-electron chi connectivity index (χ0n) is 18.0. The van der Waals surface area contributed by atoms with Gasteiger partial charge in [-0.15, -0.1) is 22.0 Å². The van der Waals surface area contributed by atoms with Crippen LogP contribution in [0.1, 0.15) is 24.6 Å². The van der Waals surface area contributed by atoms with Crippen molar-refractivity contribution in [3.8, 4) is 5.75 Å². The first-order valence-corrected chi connectivity index (χ1v) is 11.6. The summed E-state index contributed by atoms with van der Waals surface area (Å²) in [5, 5.41) is 8.60. The molecule has 0 saturated heterocycles. The maximum absolute atomic E-state index is 5.98. The van der Waals surface area contributed by atoms with Crippen LogP contribution in [0.25, 0.3) is 5.57 Å². The normalized spacial score (nSPS) is 20.9. The van der Waals surface area contributed by atoms with Crippen LogP contribution in [0.4, 0.5) is 0 Å². The summed E-state index contributed by atoms with van der Waals surface area (Å²) in [6.07, 6.45) is 6.59. The molecule has 1 aromatic carbocycles. The van der Waals surface area contributed by atoms with E-state index in [2.05, 4.69) is 53.4 Å². The summed E-state index contributed by atoms with van der Waals surface area (Å²) < 4.78 is 11.7. The van der Waals surface area contributed by atoms with Gasteiger partial charge in [0.1, 0.15) is 5.75 Å². The van der Waals surface area contributed by atoms with E-state index in [1.807, 2.05) is 30.3 Å². The lowest BCUT2D eigenvalue weighted by Crippen LogP contribution is -2.32. The summed E-state index contributed by atoms with van der Waals surface area (Å²) in [6, 6.07) is 10.4. The van der Waals surface area contributed by atoms with Gasteiger partial charge in [-0.2, -0.15) is 0 Å². The van der Waals surface area contributed by atoms with Crippen LogP contribution in [0.2, 0.25) is 0 Å². The fraction of sp³-hybridized carbons (Fsp3) is 0.478. The lowest BCUT2D eigenvalue weighted by molar-refractivity contribution is 0.286. The van der Waals surface area contributed by atoms with E-state index in [0.717, 1.165) is 30.9 Å². The van der Waals surface area contributed by atoms with Crippen molar-refractivity contribution in [2.45, 2.75) is 24.6 Å². The molecule has 0 amide bonds. The summed E-state index contributed by atoms with van der Waals surface area (Å²) >= 11 is 1.75. The average molecular weight is 427 g/mol. The Labute approximate surface area is 183 Å². The molecule has 0 fully saturated rings. The van der Waals surface area contributed by atoms with Crippen molar-refractivity contribution in [1.82, 2.24) is 20.0 Å². The Bertz CT molecular complexity index is 894. The molecule has 4 rings (SSSR count). The minimum absolute atomic E-state index is 0.525. The fourth-order valence-electron chi connectivity index (χ4n) is 4.20. The standard InChI is InChI=1S/C23H30N4O2S/c1-26(2)14-18-15-27(3)21-10-9-17(13-20(18)21)23-25-24-22(29-23)16-30-12-11-28-19-7-5-4-6-8-19/h4-9,15,20-21H,10-14,16H2,1-3H3. The van der Waals surface area contributed by atoms with Crippen molar-refractivity contribution in [1.29, 1.82) is 0 Å². The Hall–Kier alpha value is -2.25. The van der Waals surface area contributed by atoms with E-state index < -0.39 is 0 Å². The van der Waals surface area contributed by atoms with Gasteiger partial charge >= 0.3 is 0 Å². The molecule has 1 aliphatic carbocycles. The first-order chi connectivity index (χ1) is 14.6. The van der Waals surface area contributed by atoms with Crippen molar-refractivity contribution >= 4 is 17.3 Å². The molecule has 0 saturated carbocycles. The molecular formula is C23H30N4O2S. The Morgan fingerprint density at radius 2 is 2.07 bits per heavy atom. The minimum Gasteiger partial charge on any atom is -0.493 e. The smallest absolute Gasteiger partial charge is 0.243 e. The summed E-state index contributed by atoms with van der Waals surface area (Å²) in [7, 11) is 6.43. The molecule has 0 radical (unpaired) electrons. The Morgan fingerprint density at radius 1 is 1.23 bits per heavy atom. The monoisotopic (exact) mass is 426 g/mol. The lowest BCUT2D eigenvalue weighted by Gasteiger charge is -2.31. The Morgan fingerprint density at radius 3 is 2.87 bits per heavy atom. The quantitative estimate of drug-likeness (QED) is 0.563. The summed E-state index contributed by atoms with van der Waals surface area (Å²) in [5.41, 5.74) is 2.68. The highest BCUT2D eigenvalue weighted by Gasteiger charge is 2.36. The summed E-state index contributed by atoms with van der Waals surface area (Å²) in [5.74, 6) is 4.38. The van der Waals surface area contributed by atoms with Crippen LogP contribution in [-0.2, 0) is 5.75 Å². The highest BCUT2D eigenvalue weighted by Crippen LogP contribution is 2.41. The number of thioether (sulfide) groups is 1. The maximum Gasteiger partial charge on any atom is 0.243 e. The van der Waals surface area contributed by atoms with Gasteiger partial charge < -0.3 is 19.0 Å². The molecular weight excluding hydrogens is 396 g/mol. The third-order valence-corrected chi connectivity index (χ3v) is 6.49. The van der Waals surface area contributed by atoms with Gasteiger partial charge in [-0.1, -0.05) is 24.3 Å². The molecule has 2 atom stereocenters. The summed E-state index contributed by atoms with van der Waals surface area (Å²) in [6.45, 7) is 1.66. The molecule has 2 aliphatic rings. The second-order valence-corrected chi connectivity index (χ2v) is 9.27. The van der Waals surface area contributed by atoms with Gasteiger partial charge in [0.15, 0.2) is 0 Å². The van der Waals surface area contributed by atoms with Crippen molar-refractivity contribution in [2.24, 2.45) is 5.92 Å². The van der Waals surface area contributed by atoms with Crippen LogP contribution < -0.4 is 4.74 Å². The van der Waals surface area contributed by atoms with Gasteiger partial charge in [-0.05, 0) is 50.8 Å². The van der Waals surface area contributed by atoms with Crippen LogP contribution >= 0.6 is 11.8 Å². The number of ether oxygens (including phenoxy) is 1. The molecule has 30 heavy (non-hydrogen) atoms. The van der Waals surface area contributed by atoms with Gasteiger partial charge in [0.05, 0.1) is 12.4 Å². The zero-order valence-corrected chi connectivity index (χ0v) is 18.8. The number of rotatable bonds is 9. The van der Waals surface area contributed by atoms with Gasteiger partial charge in [0.25, 0.3) is 0 Å². The third-order valence-electron chi connectivity index (χ3n) is 5.58. The van der Waals surface area contributed by atoms with E-state index in [0.29, 0.717) is 36.1 Å². The largest absolute Gasteiger partial charge is 0.493 e. The highest BCUT2D eigenvalue weighted by atomic mass is 32.2. The van der Waals surface area contributed by atoms with E-state index in [9.17, 15) is 0 Å². The Kier molecular flexibility index (Phi) is 6.79. The van der Waals surface area contributed by atoms with Crippen LogP contribution in [0.5, 0.6) is 5.75 Å². The molecule has 0 spiro atoms. The molecule has 6 nitrogen and oxygen atoms in total. The molecule has 160 valence electrons. The first-order valence-electron chi connectivity index (χ1n) is 10.4. The first kappa shape index (κ1) is 21.0. The fourth-order valence-corrected chi connectivity index (χ4v) is 4.84. The molecule has 1 aromatic heterocycles. The number of para-hydroxylation sites is 1. The minimum atomic E-state index is 0.525. The SMILES string of the molecule is CN(C)CC1=CN(C)C2CC=C(c3nnc(CSCCOc4ccccc4)o3)CC12. The number of benzene rings is 1. The van der Waals surface area contributed by atoms with Crippen molar-refractivity contribution in [3.63, 3.8) is 0 Å². The second kappa shape index (κ2) is 9.71. The van der Waals surface area contributed by atoms with Crippen LogP contribution in [0.3, 0.4) is 0 Å². The predicted octanol–water partition coefficient (Wildman–Crippen LogP) is 3.93. The predicted molar refractivity (Wildman–Crippen MR) is 121 cm³/mol. The molecule has 7 heteroatoms. The second-order valence-electron chi connectivity index (χ2n) is 8.17. The molecule has 2 heterocycles. The van der Waals surface area contributed by atoms with E-state index >= 15 is 0 Å². The van der Waals surface area contributed by atoms with Crippen molar-refractivity contribution in [3.05, 3.63) is 60.0 Å². The van der Waals surface area contributed by atoms with Gasteiger partial charge in [0.2, 0.25) is 11.8 Å². The number of hydrogen-bond acceptors (Lipinski definition) is 7. The number of fused-ring (bicyclic) bond motifs is 1. The zero-order chi connectivity index (χ0) is 20.9. The number of nitrogens with zero attached hydrogens (tertiary/aromatic N) is 4. The van der Waals surface area contributed by atoms with Crippen LogP contribution in [0.15, 0.2) is 52.6 Å². The van der Waals surface area contributed by atoms with Gasteiger partial charge in [-0.25, -0.2) is 0 Å². The number of allylic oxidation sites excluding steroid dienone is 1. The highest BCUT2D eigenvalue weighted by molar-refractivity contribution is 7.98. The van der Waals surface area contributed by atoms with E-state index in [4.69, 9.17) is 9.15 Å². The average Bonchev–Trinajstić information content (AvgIpc) is 3.33. The van der Waals surface area contributed by atoms with Gasteiger partial charge in [-0.3, -0.25) is 0 Å². The topological polar surface area (TPSA) is 54.6 Å². The number of aromatic nitrogens is 2.